The molecule has 0 aliphatic carbocycles. The van der Waals surface area contributed by atoms with E-state index in [4.69, 9.17) is 19.7 Å². The summed E-state index contributed by atoms with van der Waals surface area (Å²) in [6.07, 6.45) is -16.0. The highest BCUT2D eigenvalue weighted by Gasteiger charge is 2.62. The Morgan fingerprint density at radius 2 is 0.960 bits per heavy atom. The van der Waals surface area contributed by atoms with Crippen molar-refractivity contribution in [2.45, 2.75) is 60.8 Å². The topological polar surface area (TPSA) is 230 Å². The van der Waals surface area contributed by atoms with Gasteiger partial charge in [0.1, 0.15) is 36.6 Å². The van der Waals surface area contributed by atoms with Crippen molar-refractivity contribution in [3.63, 3.8) is 0 Å². The molecule has 0 spiro atoms. The molecule has 0 radical (unpaired) electrons. The molecule has 0 amide bonds. The zero-order valence-electron chi connectivity index (χ0n) is 12.7. The lowest BCUT2D eigenvalue weighted by atomic mass is 9.96. The number of aliphatic hydroxyl groups is 10. The van der Waals surface area contributed by atoms with Gasteiger partial charge in [-0.1, -0.05) is 0 Å². The quantitative estimate of drug-likeness (QED) is 0.206. The third kappa shape index (κ3) is 3.52. The highest BCUT2D eigenvalue weighted by Crippen LogP contribution is 2.37. The normalized spacial score (nSPS) is 54.5. The van der Waals surface area contributed by atoms with Gasteiger partial charge in [-0.3, -0.25) is 4.74 Å². The first-order valence-electron chi connectivity index (χ1n) is 7.31. The van der Waals surface area contributed by atoms with Crippen LogP contribution in [-0.4, -0.2) is 125 Å². The van der Waals surface area contributed by atoms with Crippen LogP contribution in [0.3, 0.4) is 0 Å². The van der Waals surface area contributed by atoms with Gasteiger partial charge in [0.05, 0.1) is 13.2 Å². The average molecular weight is 374 g/mol. The van der Waals surface area contributed by atoms with Gasteiger partial charge in [0.2, 0.25) is 0 Å². The number of aliphatic hydroxyl groups excluding tert-OH is 8. The summed E-state index contributed by atoms with van der Waals surface area (Å²) in [5.41, 5.74) is 0. The minimum absolute atomic E-state index is 0.931. The first kappa shape index (κ1) is 20.8. The third-order valence-corrected chi connectivity index (χ3v) is 4.15. The molecular weight excluding hydrogens is 352 g/mol. The first-order valence-corrected chi connectivity index (χ1v) is 7.31. The Kier molecular flexibility index (Phi) is 6.02. The van der Waals surface area contributed by atoms with E-state index in [0.29, 0.717) is 0 Å². The summed E-state index contributed by atoms with van der Waals surface area (Å²) in [5, 5.41) is 97.0. The van der Waals surface area contributed by atoms with Crippen molar-refractivity contribution in [3.8, 4) is 0 Å². The first-order chi connectivity index (χ1) is 11.5. The second-order valence-corrected chi connectivity index (χ2v) is 5.89. The Balaban J connectivity index is 2.28. The van der Waals surface area contributed by atoms with E-state index in [1.165, 1.54) is 0 Å². The number of ether oxygens (including phenoxy) is 3. The van der Waals surface area contributed by atoms with Gasteiger partial charge in [0.25, 0.3) is 0 Å². The van der Waals surface area contributed by atoms with Crippen LogP contribution in [0.15, 0.2) is 0 Å². The maximum Gasteiger partial charge on any atom is 0.315 e. The molecular formula is C12H22O13. The summed E-state index contributed by atoms with van der Waals surface area (Å²) in [6.45, 7) is -1.86. The summed E-state index contributed by atoms with van der Waals surface area (Å²) in [6, 6.07) is 0. The lowest BCUT2D eigenvalue weighted by Gasteiger charge is -2.50. The van der Waals surface area contributed by atoms with E-state index in [9.17, 15) is 40.9 Å². The molecule has 2 aliphatic heterocycles. The fraction of sp³-hybridized carbons (Fsp3) is 1.00. The van der Waals surface area contributed by atoms with Gasteiger partial charge in [0.15, 0.2) is 12.2 Å². The summed E-state index contributed by atoms with van der Waals surface area (Å²) >= 11 is 0. The molecule has 2 heterocycles. The van der Waals surface area contributed by atoms with Gasteiger partial charge in [-0.25, -0.2) is 0 Å². The fourth-order valence-electron chi connectivity index (χ4n) is 2.63. The number of rotatable bonds is 4. The van der Waals surface area contributed by atoms with Crippen LogP contribution in [0.4, 0.5) is 0 Å². The summed E-state index contributed by atoms with van der Waals surface area (Å²) in [5.74, 6) is -6.60. The van der Waals surface area contributed by atoms with Crippen molar-refractivity contribution in [3.05, 3.63) is 0 Å². The highest BCUT2D eigenvalue weighted by molar-refractivity contribution is 4.96. The lowest BCUT2D eigenvalue weighted by Crippen LogP contribution is -2.73. The van der Waals surface area contributed by atoms with E-state index >= 15 is 0 Å². The van der Waals surface area contributed by atoms with Gasteiger partial charge in [-0.2, -0.15) is 0 Å². The van der Waals surface area contributed by atoms with E-state index in [2.05, 4.69) is 4.74 Å². The largest absolute Gasteiger partial charge is 0.394 e. The molecule has 0 unspecified atom stereocenters. The summed E-state index contributed by atoms with van der Waals surface area (Å²) in [4.78, 5) is 0. The average Bonchev–Trinajstić information content (AvgIpc) is 2.58. The third-order valence-electron chi connectivity index (χ3n) is 4.15. The van der Waals surface area contributed by atoms with Gasteiger partial charge < -0.3 is 60.5 Å². The predicted octanol–water partition coefficient (Wildman–Crippen LogP) is -6.76. The molecule has 10 atom stereocenters. The molecule has 13 nitrogen and oxygen atoms in total. The zero-order chi connectivity index (χ0) is 19.2. The van der Waals surface area contributed by atoms with Crippen molar-refractivity contribution >= 4 is 0 Å². The molecule has 0 saturated carbocycles. The molecule has 0 aromatic heterocycles. The van der Waals surface area contributed by atoms with E-state index in [0.717, 1.165) is 0 Å². The lowest BCUT2D eigenvalue weighted by molar-refractivity contribution is -0.556. The molecule has 2 aliphatic rings. The molecule has 0 aromatic carbocycles. The van der Waals surface area contributed by atoms with Crippen LogP contribution in [0, 0.1) is 0 Å². The Bertz CT molecular complexity index is 420. The maximum absolute atomic E-state index is 10.2. The van der Waals surface area contributed by atoms with Gasteiger partial charge in [-0.05, 0) is 0 Å². The second kappa shape index (κ2) is 7.24. The molecule has 2 fully saturated rings. The maximum atomic E-state index is 10.2. The van der Waals surface area contributed by atoms with Crippen LogP contribution >= 0.6 is 0 Å². The van der Waals surface area contributed by atoms with Crippen molar-refractivity contribution < 1.29 is 65.3 Å². The fourth-order valence-corrected chi connectivity index (χ4v) is 2.63. The van der Waals surface area contributed by atoms with E-state index < -0.39 is 74.0 Å². The van der Waals surface area contributed by atoms with Crippen molar-refractivity contribution in [1.29, 1.82) is 0 Å². The van der Waals surface area contributed by atoms with Crippen LogP contribution in [0.2, 0.25) is 0 Å². The molecule has 2 rings (SSSR count). The number of hydrogen-bond donors (Lipinski definition) is 10. The van der Waals surface area contributed by atoms with Crippen molar-refractivity contribution in [2.24, 2.45) is 0 Å². The molecule has 25 heavy (non-hydrogen) atoms. The van der Waals surface area contributed by atoms with Crippen LogP contribution < -0.4 is 0 Å². The summed E-state index contributed by atoms with van der Waals surface area (Å²) < 4.78 is 14.1. The van der Waals surface area contributed by atoms with Crippen LogP contribution in [0.1, 0.15) is 0 Å². The Labute approximate surface area is 140 Å². The van der Waals surface area contributed by atoms with Crippen molar-refractivity contribution in [1.82, 2.24) is 0 Å². The molecule has 2 saturated heterocycles. The molecule has 13 heteroatoms. The monoisotopic (exact) mass is 374 g/mol. The Morgan fingerprint density at radius 3 is 1.24 bits per heavy atom. The Hall–Kier alpha value is -0.520. The molecule has 10 N–H and O–H groups in total. The Morgan fingerprint density at radius 1 is 0.640 bits per heavy atom. The van der Waals surface area contributed by atoms with Crippen LogP contribution in [0.5, 0.6) is 0 Å². The second-order valence-electron chi connectivity index (χ2n) is 5.89. The SMILES string of the molecule is OC[C@H]1O[C@](O)(O[C@@]2(O)O[C@H](CO)[C@@H](O)[C@H](O)[C@H]2O)[C@H](O)[C@@H](O)[C@@H]1O. The van der Waals surface area contributed by atoms with Gasteiger partial charge in [0, 0.05) is 0 Å². The number of hydrogen-bond acceptors (Lipinski definition) is 13. The van der Waals surface area contributed by atoms with Gasteiger partial charge in [-0.15, -0.1) is 0 Å². The van der Waals surface area contributed by atoms with E-state index in [-0.39, 0.29) is 0 Å². The van der Waals surface area contributed by atoms with E-state index in [1.54, 1.807) is 0 Å². The van der Waals surface area contributed by atoms with Crippen molar-refractivity contribution in [2.75, 3.05) is 13.2 Å². The highest BCUT2D eigenvalue weighted by atomic mass is 16.9. The predicted molar refractivity (Wildman–Crippen MR) is 70.9 cm³/mol. The smallest absolute Gasteiger partial charge is 0.315 e. The minimum Gasteiger partial charge on any atom is -0.394 e. The molecule has 0 aromatic rings. The zero-order valence-corrected chi connectivity index (χ0v) is 12.7. The standard InChI is InChI=1S/C12H22O13/c13-1-3-5(15)7(17)9(19)11(21,23-3)25-12(22)10(20)8(18)6(16)4(2-14)24-12/h3-10,13-22H,1-2H2/t3-,4-,5-,6-,7+,8+,9-,10-,11+,12+/m1/s1. The van der Waals surface area contributed by atoms with E-state index in [1.807, 2.05) is 0 Å². The molecule has 148 valence electrons. The minimum atomic E-state index is -3.30. The van der Waals surface area contributed by atoms with Crippen LogP contribution in [0.25, 0.3) is 0 Å². The summed E-state index contributed by atoms with van der Waals surface area (Å²) in [7, 11) is 0. The van der Waals surface area contributed by atoms with Crippen LogP contribution in [-0.2, 0) is 14.2 Å². The molecule has 0 bridgehead atoms. The van der Waals surface area contributed by atoms with Gasteiger partial charge >= 0.3 is 11.9 Å².